The molecular weight excluding hydrogens is 289 g/mol. The van der Waals surface area contributed by atoms with Gasteiger partial charge in [0.15, 0.2) is 0 Å². The van der Waals surface area contributed by atoms with Gasteiger partial charge in [-0.1, -0.05) is 12.1 Å². The topological polar surface area (TPSA) is 39.2 Å². The summed E-state index contributed by atoms with van der Waals surface area (Å²) >= 11 is 2.28. The average Bonchev–Trinajstić information content (AvgIpc) is 2.66. The van der Waals surface area contributed by atoms with Crippen LogP contribution in [0.5, 0.6) is 0 Å². The van der Waals surface area contributed by atoms with Crippen LogP contribution in [-0.2, 0) is 6.54 Å². The Morgan fingerprint density at radius 1 is 1.21 bits per heavy atom. The summed E-state index contributed by atoms with van der Waals surface area (Å²) in [5.41, 5.74) is 6.57. The number of furan rings is 1. The van der Waals surface area contributed by atoms with Crippen LogP contribution in [0, 0.1) is 3.57 Å². The molecule has 1 aromatic carbocycles. The molecule has 0 fully saturated rings. The molecule has 0 radical (unpaired) electrons. The molecule has 0 unspecified atom stereocenters. The smallest absolute Gasteiger partial charge is 0.134 e. The first-order chi connectivity index (χ1) is 6.79. The minimum atomic E-state index is 0.448. The zero-order valence-corrected chi connectivity index (χ0v) is 9.69. The Labute approximate surface area is 96.2 Å². The molecular formula is C11H10INO. The van der Waals surface area contributed by atoms with E-state index in [0.29, 0.717) is 6.54 Å². The molecule has 0 aliphatic carbocycles. The van der Waals surface area contributed by atoms with Crippen LogP contribution in [0.1, 0.15) is 5.76 Å². The molecule has 0 aliphatic heterocycles. The lowest BCUT2D eigenvalue weighted by Crippen LogP contribution is -1.92. The minimum absolute atomic E-state index is 0.448. The van der Waals surface area contributed by atoms with Crippen molar-refractivity contribution in [2.24, 2.45) is 5.73 Å². The zero-order valence-electron chi connectivity index (χ0n) is 7.53. The second-order valence-corrected chi connectivity index (χ2v) is 4.23. The van der Waals surface area contributed by atoms with Crippen molar-refractivity contribution < 1.29 is 4.42 Å². The average molecular weight is 299 g/mol. The van der Waals surface area contributed by atoms with Crippen molar-refractivity contribution in [3.8, 4) is 11.3 Å². The predicted molar refractivity (Wildman–Crippen MR) is 64.8 cm³/mol. The molecule has 2 rings (SSSR count). The summed E-state index contributed by atoms with van der Waals surface area (Å²) in [7, 11) is 0. The van der Waals surface area contributed by atoms with Crippen molar-refractivity contribution in [3.05, 3.63) is 45.7 Å². The maximum Gasteiger partial charge on any atom is 0.134 e. The number of rotatable bonds is 2. The standard InChI is InChI=1S/C11H10INO/c12-9-3-1-2-8(6-9)11-5-4-10(7-13)14-11/h1-6H,7,13H2. The largest absolute Gasteiger partial charge is 0.460 e. The Bertz CT molecular complexity index is 436. The molecule has 0 atom stereocenters. The first kappa shape index (κ1) is 9.73. The number of halogens is 1. The zero-order chi connectivity index (χ0) is 9.97. The summed E-state index contributed by atoms with van der Waals surface area (Å²) in [4.78, 5) is 0. The normalized spacial score (nSPS) is 10.4. The van der Waals surface area contributed by atoms with Crippen LogP contribution in [-0.4, -0.2) is 0 Å². The van der Waals surface area contributed by atoms with Gasteiger partial charge in [0.1, 0.15) is 11.5 Å². The van der Waals surface area contributed by atoms with Gasteiger partial charge in [-0.2, -0.15) is 0 Å². The van der Waals surface area contributed by atoms with E-state index < -0.39 is 0 Å². The van der Waals surface area contributed by atoms with Gasteiger partial charge in [0.25, 0.3) is 0 Å². The summed E-state index contributed by atoms with van der Waals surface area (Å²) < 4.78 is 6.75. The summed E-state index contributed by atoms with van der Waals surface area (Å²) in [6, 6.07) is 12.0. The van der Waals surface area contributed by atoms with Crippen molar-refractivity contribution in [2.75, 3.05) is 0 Å². The molecule has 14 heavy (non-hydrogen) atoms. The maximum atomic E-state index is 5.55. The lowest BCUT2D eigenvalue weighted by atomic mass is 10.2. The van der Waals surface area contributed by atoms with Crippen molar-refractivity contribution in [1.82, 2.24) is 0 Å². The van der Waals surface area contributed by atoms with E-state index in [0.717, 1.165) is 17.1 Å². The van der Waals surface area contributed by atoms with Crippen molar-refractivity contribution in [2.45, 2.75) is 6.54 Å². The van der Waals surface area contributed by atoms with Gasteiger partial charge in [-0.15, -0.1) is 0 Å². The fraction of sp³-hybridized carbons (Fsp3) is 0.0909. The van der Waals surface area contributed by atoms with Gasteiger partial charge in [0.2, 0.25) is 0 Å². The maximum absolute atomic E-state index is 5.55. The molecule has 0 amide bonds. The third-order valence-corrected chi connectivity index (χ3v) is 2.64. The van der Waals surface area contributed by atoms with Crippen LogP contribution in [0.4, 0.5) is 0 Å². The molecule has 0 spiro atoms. The Kier molecular flexibility index (Phi) is 2.88. The van der Waals surface area contributed by atoms with E-state index in [1.807, 2.05) is 24.3 Å². The SMILES string of the molecule is NCc1ccc(-c2cccc(I)c2)o1. The van der Waals surface area contributed by atoms with Gasteiger partial charge in [-0.05, 0) is 46.9 Å². The highest BCUT2D eigenvalue weighted by Crippen LogP contribution is 2.23. The van der Waals surface area contributed by atoms with Crippen molar-refractivity contribution in [1.29, 1.82) is 0 Å². The molecule has 1 aromatic heterocycles. The van der Waals surface area contributed by atoms with E-state index in [4.69, 9.17) is 10.2 Å². The van der Waals surface area contributed by atoms with Crippen molar-refractivity contribution >= 4 is 22.6 Å². The Morgan fingerprint density at radius 3 is 2.71 bits per heavy atom. The fourth-order valence-corrected chi connectivity index (χ4v) is 1.83. The highest BCUT2D eigenvalue weighted by Gasteiger charge is 2.03. The van der Waals surface area contributed by atoms with Crippen LogP contribution in [0.2, 0.25) is 0 Å². The Balaban J connectivity index is 2.39. The monoisotopic (exact) mass is 299 g/mol. The van der Waals surface area contributed by atoms with E-state index in [1.165, 1.54) is 3.57 Å². The summed E-state index contributed by atoms with van der Waals surface area (Å²) in [6.07, 6.45) is 0. The number of hydrogen-bond acceptors (Lipinski definition) is 2. The summed E-state index contributed by atoms with van der Waals surface area (Å²) in [5, 5.41) is 0. The van der Waals surface area contributed by atoms with Gasteiger partial charge in [0.05, 0.1) is 6.54 Å². The lowest BCUT2D eigenvalue weighted by molar-refractivity contribution is 0.525. The van der Waals surface area contributed by atoms with Gasteiger partial charge in [0, 0.05) is 9.13 Å². The van der Waals surface area contributed by atoms with Crippen LogP contribution >= 0.6 is 22.6 Å². The fourth-order valence-electron chi connectivity index (χ4n) is 1.28. The third kappa shape index (κ3) is 1.99. The molecule has 0 saturated carbocycles. The highest BCUT2D eigenvalue weighted by molar-refractivity contribution is 14.1. The van der Waals surface area contributed by atoms with E-state index in [9.17, 15) is 0 Å². The highest BCUT2D eigenvalue weighted by atomic mass is 127. The Morgan fingerprint density at radius 2 is 2.07 bits per heavy atom. The molecule has 3 heteroatoms. The second kappa shape index (κ2) is 4.14. The summed E-state index contributed by atoms with van der Waals surface area (Å²) in [6.45, 7) is 0.448. The van der Waals surface area contributed by atoms with Crippen molar-refractivity contribution in [3.63, 3.8) is 0 Å². The van der Waals surface area contributed by atoms with Gasteiger partial charge >= 0.3 is 0 Å². The number of nitrogens with two attached hydrogens (primary N) is 1. The molecule has 2 nitrogen and oxygen atoms in total. The summed E-state index contributed by atoms with van der Waals surface area (Å²) in [5.74, 6) is 1.70. The van der Waals surface area contributed by atoms with Crippen LogP contribution < -0.4 is 5.73 Å². The molecule has 2 N–H and O–H groups in total. The van der Waals surface area contributed by atoms with Crippen LogP contribution in [0.3, 0.4) is 0 Å². The Hall–Kier alpha value is -0.810. The van der Waals surface area contributed by atoms with E-state index in [2.05, 4.69) is 34.7 Å². The van der Waals surface area contributed by atoms with Gasteiger partial charge < -0.3 is 10.2 Å². The molecule has 0 bridgehead atoms. The van der Waals surface area contributed by atoms with Crippen LogP contribution in [0.25, 0.3) is 11.3 Å². The molecule has 2 aromatic rings. The molecule has 1 heterocycles. The third-order valence-electron chi connectivity index (χ3n) is 1.97. The first-order valence-electron chi connectivity index (χ1n) is 4.34. The number of benzene rings is 1. The molecule has 0 saturated heterocycles. The number of hydrogen-bond donors (Lipinski definition) is 1. The predicted octanol–water partition coefficient (Wildman–Crippen LogP) is 3.01. The first-order valence-corrected chi connectivity index (χ1v) is 5.42. The van der Waals surface area contributed by atoms with E-state index >= 15 is 0 Å². The quantitative estimate of drug-likeness (QED) is 0.866. The van der Waals surface area contributed by atoms with E-state index in [-0.39, 0.29) is 0 Å². The molecule has 0 aliphatic rings. The minimum Gasteiger partial charge on any atom is -0.460 e. The van der Waals surface area contributed by atoms with Crippen LogP contribution in [0.15, 0.2) is 40.8 Å². The van der Waals surface area contributed by atoms with E-state index in [1.54, 1.807) is 0 Å². The van der Waals surface area contributed by atoms with Gasteiger partial charge in [-0.25, -0.2) is 0 Å². The van der Waals surface area contributed by atoms with Gasteiger partial charge in [-0.3, -0.25) is 0 Å². The lowest BCUT2D eigenvalue weighted by Gasteiger charge is -1.97. The molecule has 72 valence electrons. The second-order valence-electron chi connectivity index (χ2n) is 2.98.